The van der Waals surface area contributed by atoms with Crippen LogP contribution in [0.4, 0.5) is 0 Å². The Balaban J connectivity index is 0.000000433. The Morgan fingerprint density at radius 2 is 1.77 bits per heavy atom. The van der Waals surface area contributed by atoms with E-state index in [0.29, 0.717) is 5.56 Å². The monoisotopic (exact) mass is 413 g/mol. The number of unbranched alkanes of at least 4 members (excludes halogenated alkanes) is 2. The van der Waals surface area contributed by atoms with Gasteiger partial charge < -0.3 is 10.2 Å². The number of benzene rings is 1. The summed E-state index contributed by atoms with van der Waals surface area (Å²) in [7, 11) is 0. The fourth-order valence-corrected chi connectivity index (χ4v) is 5.71. The number of hydrogen-bond donors (Lipinski definition) is 2. The van der Waals surface area contributed by atoms with Crippen molar-refractivity contribution in [3.8, 4) is 5.75 Å². The van der Waals surface area contributed by atoms with E-state index in [1.807, 2.05) is 0 Å². The number of carboxylic acid groups (broad SMARTS) is 1. The molecule has 0 atom stereocenters. The van der Waals surface area contributed by atoms with Gasteiger partial charge in [0.15, 0.2) is 0 Å². The van der Waals surface area contributed by atoms with Crippen LogP contribution >= 0.6 is 0 Å². The predicted octanol–water partition coefficient (Wildman–Crippen LogP) is 4.02. The van der Waals surface area contributed by atoms with E-state index >= 15 is 0 Å². The molecule has 2 radical (unpaired) electrons. The van der Waals surface area contributed by atoms with Gasteiger partial charge in [0.05, 0.1) is 0 Å². The van der Waals surface area contributed by atoms with E-state index in [2.05, 4.69) is 18.8 Å². The summed E-state index contributed by atoms with van der Waals surface area (Å²) in [5.41, 5.74) is 0.517. The average molecular weight is 412 g/mol. The van der Waals surface area contributed by atoms with E-state index in [9.17, 15) is 9.90 Å². The van der Waals surface area contributed by atoms with Gasteiger partial charge in [-0.25, -0.2) is 0 Å². The van der Waals surface area contributed by atoms with Gasteiger partial charge >= 0.3 is 75.5 Å². The van der Waals surface area contributed by atoms with Gasteiger partial charge in [0.2, 0.25) is 0 Å². The molecule has 1 aromatic carbocycles. The normalized spacial score (nSPS) is 10.3. The molecule has 0 aliphatic rings. The minimum atomic E-state index is -0.994. The number of aliphatic carboxylic acids is 1. The molecule has 1 rings (SSSR count). The molecule has 0 amide bonds. The maximum atomic E-state index is 10.1. The molecule has 0 spiro atoms. The molecular weight excluding hydrogens is 385 g/mol. The summed E-state index contributed by atoms with van der Waals surface area (Å²) >= 11 is 0.149. The molecule has 4 nitrogen and oxygen atoms in total. The first-order valence-corrected chi connectivity index (χ1v) is 11.9. The molecule has 0 aliphatic carbocycles. The summed E-state index contributed by atoms with van der Waals surface area (Å²) in [5, 5.41) is 17.5. The first kappa shape index (κ1) is 21.0. The topological polar surface area (TPSA) is 69.9 Å². The molecule has 122 valence electrons. The Morgan fingerprint density at radius 3 is 2.27 bits per heavy atom. The SMILES string of the molecule is CCC[CH2][Sn][CH2]CCC.O=C(O)CN=Cc1ccccc1O. The fraction of sp³-hybridized carbons (Fsp3) is 0.529. The molecule has 0 fully saturated rings. The van der Waals surface area contributed by atoms with E-state index in [0.717, 1.165) is 0 Å². The van der Waals surface area contributed by atoms with Gasteiger partial charge in [-0.2, -0.15) is 0 Å². The number of rotatable bonds is 9. The van der Waals surface area contributed by atoms with Gasteiger partial charge in [-0.1, -0.05) is 12.1 Å². The van der Waals surface area contributed by atoms with Crippen LogP contribution in [0.1, 0.15) is 45.1 Å². The number of hydrogen-bond acceptors (Lipinski definition) is 3. The smallest absolute Gasteiger partial charge is 0.325 e. The van der Waals surface area contributed by atoms with E-state index in [1.54, 1.807) is 27.1 Å². The van der Waals surface area contributed by atoms with Crippen molar-refractivity contribution in [2.75, 3.05) is 6.54 Å². The second kappa shape index (κ2) is 14.9. The zero-order valence-corrected chi connectivity index (χ0v) is 16.4. The summed E-state index contributed by atoms with van der Waals surface area (Å²) in [5.74, 6) is -0.900. The first-order chi connectivity index (χ1) is 10.6. The van der Waals surface area contributed by atoms with Crippen molar-refractivity contribution in [3.05, 3.63) is 29.8 Å². The van der Waals surface area contributed by atoms with Gasteiger partial charge in [0.25, 0.3) is 0 Å². The number of carbonyl (C=O) groups is 1. The molecule has 5 heteroatoms. The van der Waals surface area contributed by atoms with Crippen LogP contribution in [0.3, 0.4) is 0 Å². The molecule has 0 saturated heterocycles. The van der Waals surface area contributed by atoms with Crippen molar-refractivity contribution >= 4 is 33.3 Å². The molecule has 0 unspecified atom stereocenters. The van der Waals surface area contributed by atoms with Crippen LogP contribution in [0, 0.1) is 0 Å². The van der Waals surface area contributed by atoms with Crippen LogP contribution in [0.2, 0.25) is 8.87 Å². The summed E-state index contributed by atoms with van der Waals surface area (Å²) in [6.07, 6.45) is 7.18. The quantitative estimate of drug-likeness (QED) is 0.366. The van der Waals surface area contributed by atoms with Crippen LogP contribution in [-0.4, -0.2) is 50.1 Å². The molecule has 0 bridgehead atoms. The van der Waals surface area contributed by atoms with Crippen molar-refractivity contribution in [1.29, 1.82) is 0 Å². The van der Waals surface area contributed by atoms with Gasteiger partial charge in [0, 0.05) is 11.8 Å². The van der Waals surface area contributed by atoms with Crippen LogP contribution < -0.4 is 0 Å². The van der Waals surface area contributed by atoms with Gasteiger partial charge in [-0.05, 0) is 12.1 Å². The van der Waals surface area contributed by atoms with Crippen LogP contribution in [0.25, 0.3) is 0 Å². The number of aliphatic imine (C=N–C) groups is 1. The zero-order valence-electron chi connectivity index (χ0n) is 13.6. The fourth-order valence-electron chi connectivity index (χ4n) is 1.55. The number of para-hydroxylation sites is 1. The summed E-state index contributed by atoms with van der Waals surface area (Å²) in [6, 6.07) is 6.59. The zero-order chi connectivity index (χ0) is 16.6. The third-order valence-electron chi connectivity index (χ3n) is 2.81. The van der Waals surface area contributed by atoms with E-state index in [1.165, 1.54) is 38.0 Å². The van der Waals surface area contributed by atoms with E-state index in [4.69, 9.17) is 5.11 Å². The van der Waals surface area contributed by atoms with Crippen LogP contribution in [0.5, 0.6) is 5.75 Å². The van der Waals surface area contributed by atoms with Gasteiger partial charge in [-0.3, -0.25) is 9.79 Å². The number of phenols is 1. The minimum absolute atomic E-state index is 0.0941. The molecule has 0 saturated carbocycles. The summed E-state index contributed by atoms with van der Waals surface area (Å²) < 4.78 is 3.25. The maximum absolute atomic E-state index is 10.1. The van der Waals surface area contributed by atoms with E-state index in [-0.39, 0.29) is 33.4 Å². The third kappa shape index (κ3) is 12.7. The van der Waals surface area contributed by atoms with Gasteiger partial charge in [0.1, 0.15) is 12.3 Å². The van der Waals surface area contributed by atoms with Gasteiger partial charge in [-0.15, -0.1) is 0 Å². The van der Waals surface area contributed by atoms with Crippen molar-refractivity contribution in [1.82, 2.24) is 0 Å². The Morgan fingerprint density at radius 1 is 1.18 bits per heavy atom. The molecule has 1 aromatic rings. The van der Waals surface area contributed by atoms with Crippen molar-refractivity contribution < 1.29 is 15.0 Å². The average Bonchev–Trinajstić information content (AvgIpc) is 2.49. The molecular formula is C17H27NO3Sn. The number of phenolic OH excluding ortho intramolecular Hbond substituents is 1. The minimum Gasteiger partial charge on any atom is -0.507 e. The Labute approximate surface area is 143 Å². The molecule has 0 aliphatic heterocycles. The van der Waals surface area contributed by atoms with Crippen molar-refractivity contribution in [2.24, 2.45) is 4.99 Å². The second-order valence-electron chi connectivity index (χ2n) is 4.88. The Bertz CT molecular complexity index is 430. The maximum Gasteiger partial charge on any atom is 0.325 e. The molecule has 0 heterocycles. The van der Waals surface area contributed by atoms with Crippen molar-refractivity contribution in [3.63, 3.8) is 0 Å². The number of carboxylic acids is 1. The first-order valence-electron chi connectivity index (χ1n) is 7.82. The Kier molecular flexibility index (Phi) is 14.2. The molecule has 0 aromatic heterocycles. The third-order valence-corrected chi connectivity index (χ3v) is 6.84. The van der Waals surface area contributed by atoms with Crippen LogP contribution in [0.15, 0.2) is 29.3 Å². The molecule has 2 N–H and O–H groups in total. The molecule has 22 heavy (non-hydrogen) atoms. The Hall–Kier alpha value is -1.04. The number of nitrogens with zero attached hydrogens (tertiary/aromatic N) is 1. The summed E-state index contributed by atoms with van der Waals surface area (Å²) in [6.45, 7) is 4.30. The van der Waals surface area contributed by atoms with Crippen LogP contribution in [-0.2, 0) is 4.79 Å². The number of aromatic hydroxyl groups is 1. The second-order valence-corrected chi connectivity index (χ2v) is 9.16. The van der Waals surface area contributed by atoms with E-state index < -0.39 is 5.97 Å². The predicted molar refractivity (Wildman–Crippen MR) is 93.4 cm³/mol. The van der Waals surface area contributed by atoms with Crippen molar-refractivity contribution in [2.45, 2.75) is 48.4 Å². The largest absolute Gasteiger partial charge is 0.507 e. The standard InChI is InChI=1S/C9H9NO3.2C4H9.Sn/c11-8-4-2-1-3-7(8)5-10-6-9(12)13;2*1-3-4-2;/h1-5,11H,6H2,(H,12,13);2*1,3-4H2,2H3;. The summed E-state index contributed by atoms with van der Waals surface area (Å²) in [4.78, 5) is 13.7.